The lowest BCUT2D eigenvalue weighted by Gasteiger charge is -2.16. The van der Waals surface area contributed by atoms with Crippen LogP contribution in [0.5, 0.6) is 0 Å². The molecule has 0 aliphatic heterocycles. The van der Waals surface area contributed by atoms with E-state index in [0.29, 0.717) is 6.54 Å². The maximum atomic E-state index is 4.52. The summed E-state index contributed by atoms with van der Waals surface area (Å²) in [6.07, 6.45) is 1.88. The van der Waals surface area contributed by atoms with Crippen LogP contribution in [-0.4, -0.2) is 36.1 Å². The number of fused-ring (bicyclic) bond motifs is 1. The highest BCUT2D eigenvalue weighted by atomic mass is 15.1. The average molecular weight is 310 g/mol. The molecule has 6 nitrogen and oxygen atoms in total. The molecule has 1 aromatic carbocycles. The topological polar surface area (TPSA) is 68.9 Å². The minimum Gasteiger partial charge on any atom is -0.388 e. The van der Waals surface area contributed by atoms with Gasteiger partial charge in [-0.3, -0.25) is 0 Å². The number of rotatable bonds is 5. The largest absolute Gasteiger partial charge is 0.388 e. The molecule has 120 valence electrons. The number of hydrogen-bond donors (Lipinski definition) is 3. The van der Waals surface area contributed by atoms with Crippen LogP contribution >= 0.6 is 0 Å². The smallest absolute Gasteiger partial charge is 0.143 e. The number of aromatic nitrogens is 3. The summed E-state index contributed by atoms with van der Waals surface area (Å²) in [5, 5.41) is 7.65. The first kappa shape index (κ1) is 15.1. The third-order valence-corrected chi connectivity index (χ3v) is 3.77. The van der Waals surface area contributed by atoms with Gasteiger partial charge in [-0.25, -0.2) is 9.97 Å². The first-order valence-corrected chi connectivity index (χ1v) is 7.61. The number of hydrogen-bond acceptors (Lipinski definition) is 5. The molecule has 2 heterocycles. The van der Waals surface area contributed by atoms with Gasteiger partial charge in [0.1, 0.15) is 17.3 Å². The van der Waals surface area contributed by atoms with Crippen molar-refractivity contribution in [1.29, 1.82) is 0 Å². The normalized spacial score (nSPS) is 10.8. The molecule has 0 bridgehead atoms. The van der Waals surface area contributed by atoms with Gasteiger partial charge in [-0.1, -0.05) is 0 Å². The van der Waals surface area contributed by atoms with Crippen LogP contribution in [0.1, 0.15) is 11.4 Å². The standard InChI is InChI=1S/C17H22N6/c1-11-21-16-15(5-6-19-16)17(22-11)20-10-12-7-13(18-2)9-14(8-12)23(3)4/h5-9,18H,10H2,1-4H3,(H2,19,20,21,22). The predicted octanol–water partition coefficient (Wildman–Crippen LogP) is 2.99. The summed E-state index contributed by atoms with van der Waals surface area (Å²) >= 11 is 0. The maximum absolute atomic E-state index is 4.52. The lowest BCUT2D eigenvalue weighted by molar-refractivity contribution is 1.04. The molecule has 0 aliphatic carbocycles. The van der Waals surface area contributed by atoms with Crippen LogP contribution in [0.3, 0.4) is 0 Å². The fourth-order valence-electron chi connectivity index (χ4n) is 2.55. The van der Waals surface area contributed by atoms with Gasteiger partial charge in [0, 0.05) is 45.3 Å². The number of nitrogens with one attached hydrogen (secondary N) is 3. The van der Waals surface area contributed by atoms with E-state index in [-0.39, 0.29) is 0 Å². The van der Waals surface area contributed by atoms with Crippen molar-refractivity contribution in [2.45, 2.75) is 13.5 Å². The maximum Gasteiger partial charge on any atom is 0.143 e. The summed E-state index contributed by atoms with van der Waals surface area (Å²) in [4.78, 5) is 14.1. The van der Waals surface area contributed by atoms with Gasteiger partial charge in [-0.2, -0.15) is 0 Å². The molecule has 0 radical (unpaired) electrons. The van der Waals surface area contributed by atoms with Crippen molar-refractivity contribution in [2.24, 2.45) is 0 Å². The minimum atomic E-state index is 0.701. The third kappa shape index (κ3) is 3.21. The van der Waals surface area contributed by atoms with Gasteiger partial charge in [0.25, 0.3) is 0 Å². The van der Waals surface area contributed by atoms with E-state index in [1.807, 2.05) is 40.3 Å². The van der Waals surface area contributed by atoms with Crippen LogP contribution in [-0.2, 0) is 6.54 Å². The van der Waals surface area contributed by atoms with Gasteiger partial charge in [-0.15, -0.1) is 0 Å². The zero-order valence-electron chi connectivity index (χ0n) is 13.9. The van der Waals surface area contributed by atoms with E-state index in [4.69, 9.17) is 0 Å². The molecule has 3 aromatic rings. The van der Waals surface area contributed by atoms with Crippen molar-refractivity contribution in [3.8, 4) is 0 Å². The van der Waals surface area contributed by atoms with Crippen molar-refractivity contribution in [3.63, 3.8) is 0 Å². The summed E-state index contributed by atoms with van der Waals surface area (Å²) < 4.78 is 0. The first-order chi connectivity index (χ1) is 11.1. The van der Waals surface area contributed by atoms with Crippen molar-refractivity contribution < 1.29 is 0 Å². The van der Waals surface area contributed by atoms with Crippen LogP contribution < -0.4 is 15.5 Å². The molecular formula is C17H22N6. The number of anilines is 3. The van der Waals surface area contributed by atoms with Crippen molar-refractivity contribution in [2.75, 3.05) is 36.7 Å². The second-order valence-corrected chi connectivity index (χ2v) is 5.75. The van der Waals surface area contributed by atoms with Crippen LogP contribution in [0.25, 0.3) is 11.0 Å². The number of aromatic amines is 1. The van der Waals surface area contributed by atoms with Gasteiger partial charge in [0.2, 0.25) is 0 Å². The van der Waals surface area contributed by atoms with Crippen molar-refractivity contribution in [1.82, 2.24) is 15.0 Å². The Morgan fingerprint density at radius 3 is 2.74 bits per heavy atom. The molecule has 3 rings (SSSR count). The molecular weight excluding hydrogens is 288 g/mol. The Hall–Kier alpha value is -2.76. The summed E-state index contributed by atoms with van der Waals surface area (Å²) in [6.45, 7) is 2.60. The Labute approximate surface area is 136 Å². The molecule has 0 fully saturated rings. The van der Waals surface area contributed by atoms with Crippen LogP contribution in [0.15, 0.2) is 30.5 Å². The van der Waals surface area contributed by atoms with E-state index in [9.17, 15) is 0 Å². The quantitative estimate of drug-likeness (QED) is 0.676. The monoisotopic (exact) mass is 310 g/mol. The Bertz CT molecular complexity index is 821. The number of nitrogens with zero attached hydrogens (tertiary/aromatic N) is 3. The molecule has 0 unspecified atom stereocenters. The molecule has 0 saturated heterocycles. The number of aryl methyl sites for hydroxylation is 1. The summed E-state index contributed by atoms with van der Waals surface area (Å²) in [5.74, 6) is 1.61. The van der Waals surface area contributed by atoms with Crippen LogP contribution in [0.4, 0.5) is 17.2 Å². The fraction of sp³-hybridized carbons (Fsp3) is 0.294. The average Bonchev–Trinajstić information content (AvgIpc) is 3.00. The minimum absolute atomic E-state index is 0.701. The number of H-pyrrole nitrogens is 1. The first-order valence-electron chi connectivity index (χ1n) is 7.61. The van der Waals surface area contributed by atoms with Gasteiger partial charge < -0.3 is 20.5 Å². The molecule has 0 saturated carbocycles. The van der Waals surface area contributed by atoms with E-state index in [2.05, 4.69) is 48.7 Å². The fourth-order valence-corrected chi connectivity index (χ4v) is 2.55. The van der Waals surface area contributed by atoms with Gasteiger partial charge in [0.05, 0.1) is 5.39 Å². The molecule has 2 aromatic heterocycles. The summed E-state index contributed by atoms with van der Waals surface area (Å²) in [7, 11) is 6.02. The highest BCUT2D eigenvalue weighted by Gasteiger charge is 2.07. The molecule has 3 N–H and O–H groups in total. The third-order valence-electron chi connectivity index (χ3n) is 3.77. The lowest BCUT2D eigenvalue weighted by atomic mass is 10.1. The SMILES string of the molecule is CNc1cc(CNc2nc(C)nc3[nH]ccc23)cc(N(C)C)c1. The molecule has 0 spiro atoms. The highest BCUT2D eigenvalue weighted by molar-refractivity contribution is 5.87. The molecule has 0 aliphatic rings. The molecule has 0 atom stereocenters. The molecule has 6 heteroatoms. The molecule has 0 amide bonds. The lowest BCUT2D eigenvalue weighted by Crippen LogP contribution is -2.10. The summed E-state index contributed by atoms with van der Waals surface area (Å²) in [5.41, 5.74) is 4.32. The summed E-state index contributed by atoms with van der Waals surface area (Å²) in [6, 6.07) is 8.44. The van der Waals surface area contributed by atoms with E-state index in [0.717, 1.165) is 28.4 Å². The Kier molecular flexibility index (Phi) is 4.06. The Morgan fingerprint density at radius 1 is 1.17 bits per heavy atom. The Balaban J connectivity index is 1.87. The molecule has 23 heavy (non-hydrogen) atoms. The Morgan fingerprint density at radius 2 is 2.00 bits per heavy atom. The van der Waals surface area contributed by atoms with Crippen LogP contribution in [0.2, 0.25) is 0 Å². The van der Waals surface area contributed by atoms with Crippen LogP contribution in [0, 0.1) is 6.92 Å². The predicted molar refractivity (Wildman–Crippen MR) is 96.3 cm³/mol. The van der Waals surface area contributed by atoms with E-state index >= 15 is 0 Å². The van der Waals surface area contributed by atoms with Gasteiger partial charge >= 0.3 is 0 Å². The second-order valence-electron chi connectivity index (χ2n) is 5.75. The van der Waals surface area contributed by atoms with Gasteiger partial charge in [0.15, 0.2) is 0 Å². The second kappa shape index (κ2) is 6.16. The van der Waals surface area contributed by atoms with E-state index in [1.165, 1.54) is 11.3 Å². The highest BCUT2D eigenvalue weighted by Crippen LogP contribution is 2.23. The zero-order chi connectivity index (χ0) is 16.4. The zero-order valence-corrected chi connectivity index (χ0v) is 13.9. The van der Waals surface area contributed by atoms with Crippen molar-refractivity contribution in [3.05, 3.63) is 41.9 Å². The number of benzene rings is 1. The van der Waals surface area contributed by atoms with E-state index in [1.54, 1.807) is 0 Å². The van der Waals surface area contributed by atoms with Crippen molar-refractivity contribution >= 4 is 28.2 Å². The van der Waals surface area contributed by atoms with E-state index < -0.39 is 0 Å². The van der Waals surface area contributed by atoms with Gasteiger partial charge in [-0.05, 0) is 36.8 Å².